The summed E-state index contributed by atoms with van der Waals surface area (Å²) in [5.41, 5.74) is 0.726. The van der Waals surface area contributed by atoms with Crippen LogP contribution in [0.2, 0.25) is 0 Å². The number of Topliss-reactive ketones (excluding diaryl/α,β-unsaturated/α-hetero) is 1. The molecule has 0 spiro atoms. The second kappa shape index (κ2) is 4.11. The Balaban J connectivity index is 2.13. The third kappa shape index (κ3) is 2.23. The lowest BCUT2D eigenvalue weighted by molar-refractivity contribution is -0.129. The lowest BCUT2D eigenvalue weighted by Crippen LogP contribution is -2.46. The van der Waals surface area contributed by atoms with Crippen molar-refractivity contribution in [2.24, 2.45) is 5.41 Å². The van der Waals surface area contributed by atoms with Crippen molar-refractivity contribution < 1.29 is 4.79 Å². The van der Waals surface area contributed by atoms with E-state index in [4.69, 9.17) is 0 Å². The van der Waals surface area contributed by atoms with E-state index in [-0.39, 0.29) is 5.41 Å². The number of rotatable bonds is 2. The Bertz CT molecular complexity index is 350. The van der Waals surface area contributed by atoms with E-state index in [0.29, 0.717) is 12.2 Å². The van der Waals surface area contributed by atoms with Crippen molar-refractivity contribution in [1.82, 2.24) is 10.3 Å². The molecule has 0 radical (unpaired) electrons. The Morgan fingerprint density at radius 2 is 2.40 bits per heavy atom. The van der Waals surface area contributed by atoms with Gasteiger partial charge in [0.25, 0.3) is 0 Å². The Kier molecular flexibility index (Phi) is 2.82. The zero-order valence-corrected chi connectivity index (χ0v) is 8.99. The number of hydrogen-bond acceptors (Lipinski definition) is 3. The summed E-state index contributed by atoms with van der Waals surface area (Å²) >= 11 is 0. The second-order valence-electron chi connectivity index (χ2n) is 4.41. The topological polar surface area (TPSA) is 42.0 Å². The molecule has 1 aliphatic rings. The van der Waals surface area contributed by atoms with Crippen LogP contribution in [0.3, 0.4) is 0 Å². The van der Waals surface area contributed by atoms with Crippen LogP contribution in [0.1, 0.15) is 19.0 Å². The van der Waals surface area contributed by atoms with Gasteiger partial charge in [-0.1, -0.05) is 13.0 Å². The molecule has 1 aromatic rings. The minimum atomic E-state index is -0.271. The van der Waals surface area contributed by atoms with E-state index in [1.54, 1.807) is 6.20 Å². The van der Waals surface area contributed by atoms with E-state index in [9.17, 15) is 4.79 Å². The highest BCUT2D eigenvalue weighted by molar-refractivity contribution is 5.85. The molecule has 1 unspecified atom stereocenters. The third-order valence-corrected chi connectivity index (χ3v) is 3.01. The fraction of sp³-hybridized carbons (Fsp3) is 0.500. The van der Waals surface area contributed by atoms with Gasteiger partial charge < -0.3 is 5.32 Å². The van der Waals surface area contributed by atoms with Crippen LogP contribution in [0.25, 0.3) is 0 Å². The smallest absolute Gasteiger partial charge is 0.141 e. The molecule has 0 amide bonds. The molecule has 1 aromatic heterocycles. The van der Waals surface area contributed by atoms with Crippen molar-refractivity contribution in [2.45, 2.75) is 19.8 Å². The highest BCUT2D eigenvalue weighted by atomic mass is 16.1. The molecule has 1 N–H and O–H groups in total. The zero-order chi connectivity index (χ0) is 10.7. The van der Waals surface area contributed by atoms with Crippen molar-refractivity contribution in [3.63, 3.8) is 0 Å². The van der Waals surface area contributed by atoms with Gasteiger partial charge in [0, 0.05) is 43.2 Å². The molecule has 0 bridgehead atoms. The van der Waals surface area contributed by atoms with Crippen LogP contribution < -0.4 is 5.32 Å². The molecule has 80 valence electrons. The number of nitrogens with one attached hydrogen (secondary N) is 1. The summed E-state index contributed by atoms with van der Waals surface area (Å²) in [6.07, 6.45) is 3.16. The third-order valence-electron chi connectivity index (χ3n) is 3.01. The van der Waals surface area contributed by atoms with Gasteiger partial charge in [0.05, 0.1) is 0 Å². The first kappa shape index (κ1) is 10.3. The summed E-state index contributed by atoms with van der Waals surface area (Å²) in [5, 5.41) is 3.28. The van der Waals surface area contributed by atoms with E-state index >= 15 is 0 Å². The molecule has 0 aromatic carbocycles. The van der Waals surface area contributed by atoms with Gasteiger partial charge in [-0.25, -0.2) is 0 Å². The van der Waals surface area contributed by atoms with Gasteiger partial charge in [-0.2, -0.15) is 0 Å². The molecule has 1 atom stereocenters. The number of carbonyl (C=O) groups excluding carboxylic acids is 1. The Morgan fingerprint density at radius 1 is 1.53 bits per heavy atom. The Labute approximate surface area is 89.9 Å². The van der Waals surface area contributed by atoms with Crippen molar-refractivity contribution in [3.05, 3.63) is 30.1 Å². The van der Waals surface area contributed by atoms with Crippen LogP contribution in [0, 0.1) is 5.41 Å². The predicted molar refractivity (Wildman–Crippen MR) is 58.5 cm³/mol. The van der Waals surface area contributed by atoms with Crippen LogP contribution in [0.5, 0.6) is 0 Å². The van der Waals surface area contributed by atoms with E-state index in [1.165, 1.54) is 0 Å². The standard InChI is InChI=1S/C12H16N2O/c1-12(9-13-7-5-11(12)15)8-10-4-2-3-6-14-10/h2-4,6,13H,5,7-9H2,1H3. The van der Waals surface area contributed by atoms with E-state index in [0.717, 1.165) is 25.2 Å². The van der Waals surface area contributed by atoms with Gasteiger partial charge in [0.15, 0.2) is 0 Å². The molecule has 1 aliphatic heterocycles. The van der Waals surface area contributed by atoms with Gasteiger partial charge in [-0.05, 0) is 12.1 Å². The molecular formula is C12H16N2O. The SMILES string of the molecule is CC1(Cc2ccccn2)CNCCC1=O. The summed E-state index contributed by atoms with van der Waals surface area (Å²) in [6, 6.07) is 5.84. The minimum Gasteiger partial charge on any atom is -0.315 e. The molecular weight excluding hydrogens is 188 g/mol. The Morgan fingerprint density at radius 3 is 3.07 bits per heavy atom. The van der Waals surface area contributed by atoms with Crippen molar-refractivity contribution in [2.75, 3.05) is 13.1 Å². The molecule has 0 saturated carbocycles. The average molecular weight is 204 g/mol. The quantitative estimate of drug-likeness (QED) is 0.787. The molecule has 2 heterocycles. The fourth-order valence-corrected chi connectivity index (χ4v) is 2.03. The van der Waals surface area contributed by atoms with Crippen LogP contribution >= 0.6 is 0 Å². The lowest BCUT2D eigenvalue weighted by atomic mass is 9.77. The Hall–Kier alpha value is -1.22. The molecule has 15 heavy (non-hydrogen) atoms. The molecule has 1 fully saturated rings. The van der Waals surface area contributed by atoms with Crippen LogP contribution in [0.15, 0.2) is 24.4 Å². The summed E-state index contributed by atoms with van der Waals surface area (Å²) in [4.78, 5) is 16.1. The first-order valence-corrected chi connectivity index (χ1v) is 5.35. The predicted octanol–water partition coefficient (Wildman–Crippen LogP) is 1.19. The highest BCUT2D eigenvalue weighted by Crippen LogP contribution is 2.25. The van der Waals surface area contributed by atoms with E-state index in [2.05, 4.69) is 10.3 Å². The van der Waals surface area contributed by atoms with Crippen LogP contribution in [0.4, 0.5) is 0 Å². The largest absolute Gasteiger partial charge is 0.315 e. The summed E-state index contributed by atoms with van der Waals surface area (Å²) < 4.78 is 0. The number of hydrogen-bond donors (Lipinski definition) is 1. The monoisotopic (exact) mass is 204 g/mol. The summed E-state index contributed by atoms with van der Waals surface area (Å²) in [6.45, 7) is 3.61. The van der Waals surface area contributed by atoms with Gasteiger partial charge in [-0.15, -0.1) is 0 Å². The van der Waals surface area contributed by atoms with Crippen molar-refractivity contribution >= 4 is 5.78 Å². The number of nitrogens with zero attached hydrogens (tertiary/aromatic N) is 1. The van der Waals surface area contributed by atoms with Crippen molar-refractivity contribution in [1.29, 1.82) is 0 Å². The maximum Gasteiger partial charge on any atom is 0.141 e. The molecule has 1 saturated heterocycles. The number of pyridine rings is 1. The van der Waals surface area contributed by atoms with Crippen LogP contribution in [-0.2, 0) is 11.2 Å². The lowest BCUT2D eigenvalue weighted by Gasteiger charge is -2.32. The summed E-state index contributed by atoms with van der Waals surface area (Å²) in [5.74, 6) is 0.354. The number of aromatic nitrogens is 1. The summed E-state index contributed by atoms with van der Waals surface area (Å²) in [7, 11) is 0. The van der Waals surface area contributed by atoms with Crippen LogP contribution in [-0.4, -0.2) is 23.9 Å². The second-order valence-corrected chi connectivity index (χ2v) is 4.41. The van der Waals surface area contributed by atoms with E-state index in [1.807, 2.05) is 25.1 Å². The maximum atomic E-state index is 11.9. The van der Waals surface area contributed by atoms with Gasteiger partial charge in [0.2, 0.25) is 0 Å². The molecule has 2 rings (SSSR count). The highest BCUT2D eigenvalue weighted by Gasteiger charge is 2.35. The fourth-order valence-electron chi connectivity index (χ4n) is 2.03. The minimum absolute atomic E-state index is 0.271. The number of ketones is 1. The first-order valence-electron chi connectivity index (χ1n) is 5.35. The normalized spacial score (nSPS) is 26.6. The van der Waals surface area contributed by atoms with Gasteiger partial charge in [-0.3, -0.25) is 9.78 Å². The molecule has 3 heteroatoms. The first-order chi connectivity index (χ1) is 7.21. The average Bonchev–Trinajstić information content (AvgIpc) is 2.24. The van der Waals surface area contributed by atoms with E-state index < -0.39 is 0 Å². The molecule has 0 aliphatic carbocycles. The van der Waals surface area contributed by atoms with Crippen molar-refractivity contribution in [3.8, 4) is 0 Å². The molecule has 3 nitrogen and oxygen atoms in total. The zero-order valence-electron chi connectivity index (χ0n) is 8.99. The van der Waals surface area contributed by atoms with Gasteiger partial charge >= 0.3 is 0 Å². The van der Waals surface area contributed by atoms with Gasteiger partial charge in [0.1, 0.15) is 5.78 Å². The number of carbonyl (C=O) groups is 1. The maximum absolute atomic E-state index is 11.9. The number of piperidine rings is 1.